The van der Waals surface area contributed by atoms with Gasteiger partial charge in [0.05, 0.1) is 24.5 Å². The third kappa shape index (κ3) is 6.86. The lowest BCUT2D eigenvalue weighted by Gasteiger charge is -2.15. The number of aryl methyl sites for hydroxylation is 1. The Morgan fingerprint density at radius 1 is 1.03 bits per heavy atom. The van der Waals surface area contributed by atoms with E-state index in [9.17, 15) is 0 Å². The summed E-state index contributed by atoms with van der Waals surface area (Å²) in [5.74, 6) is 1.60. The van der Waals surface area contributed by atoms with E-state index in [1.54, 1.807) is 14.2 Å². The standard InChI is InChI=1S/C24H31N5O2/c1-19-10-11-20(23(16-19)31-15-7-14-30-3)17-26-24(25-2)27-18-21-12-13-29(28-21)22-8-5-4-6-9-22/h4-6,8-13,16H,7,14-15,17-18H2,1-3H3,(H2,25,26,27). The molecular formula is C24H31N5O2. The van der Waals surface area contributed by atoms with Crippen molar-refractivity contribution in [3.8, 4) is 11.4 Å². The monoisotopic (exact) mass is 421 g/mol. The fourth-order valence-electron chi connectivity index (χ4n) is 3.08. The third-order valence-electron chi connectivity index (χ3n) is 4.74. The summed E-state index contributed by atoms with van der Waals surface area (Å²) in [5, 5.41) is 11.3. The van der Waals surface area contributed by atoms with Crippen LogP contribution in [0.5, 0.6) is 5.75 Å². The number of nitrogens with zero attached hydrogens (tertiary/aromatic N) is 3. The number of hydrogen-bond donors (Lipinski definition) is 2. The first-order valence-corrected chi connectivity index (χ1v) is 10.5. The predicted octanol–water partition coefficient (Wildman–Crippen LogP) is 3.46. The summed E-state index contributed by atoms with van der Waals surface area (Å²) in [6.07, 6.45) is 2.82. The van der Waals surface area contributed by atoms with Gasteiger partial charge in [-0.3, -0.25) is 4.99 Å². The van der Waals surface area contributed by atoms with Crippen molar-refractivity contribution in [3.05, 3.63) is 77.6 Å². The molecule has 1 heterocycles. The Hall–Kier alpha value is -3.32. The van der Waals surface area contributed by atoms with Gasteiger partial charge in [0.1, 0.15) is 5.75 Å². The van der Waals surface area contributed by atoms with Gasteiger partial charge in [-0.2, -0.15) is 5.10 Å². The van der Waals surface area contributed by atoms with Crippen molar-refractivity contribution in [2.24, 2.45) is 4.99 Å². The predicted molar refractivity (Wildman–Crippen MR) is 124 cm³/mol. The first-order valence-electron chi connectivity index (χ1n) is 10.5. The zero-order chi connectivity index (χ0) is 21.9. The van der Waals surface area contributed by atoms with Crippen LogP contribution in [0, 0.1) is 6.92 Å². The van der Waals surface area contributed by atoms with Gasteiger partial charge in [-0.1, -0.05) is 30.3 Å². The van der Waals surface area contributed by atoms with Crippen molar-refractivity contribution in [1.82, 2.24) is 20.4 Å². The Balaban J connectivity index is 1.53. The van der Waals surface area contributed by atoms with Gasteiger partial charge in [-0.05, 0) is 36.8 Å². The summed E-state index contributed by atoms with van der Waals surface area (Å²) in [6, 6.07) is 18.3. The number of para-hydroxylation sites is 1. The van der Waals surface area contributed by atoms with E-state index in [0.717, 1.165) is 29.1 Å². The molecule has 3 rings (SSSR count). The number of rotatable bonds is 10. The minimum atomic E-state index is 0.577. The van der Waals surface area contributed by atoms with Crippen molar-refractivity contribution in [2.75, 3.05) is 27.4 Å². The maximum Gasteiger partial charge on any atom is 0.191 e. The number of methoxy groups -OCH3 is 1. The van der Waals surface area contributed by atoms with Crippen LogP contribution in [0.15, 0.2) is 65.8 Å². The Bertz CT molecular complexity index is 969. The Morgan fingerprint density at radius 3 is 2.61 bits per heavy atom. The van der Waals surface area contributed by atoms with Crippen molar-refractivity contribution in [1.29, 1.82) is 0 Å². The highest BCUT2D eigenvalue weighted by Gasteiger charge is 2.07. The van der Waals surface area contributed by atoms with Gasteiger partial charge in [0.2, 0.25) is 0 Å². The molecule has 0 atom stereocenters. The number of hydrogen-bond acceptors (Lipinski definition) is 4. The van der Waals surface area contributed by atoms with Gasteiger partial charge in [-0.15, -0.1) is 0 Å². The van der Waals surface area contributed by atoms with Crippen LogP contribution in [-0.4, -0.2) is 43.1 Å². The fourth-order valence-corrected chi connectivity index (χ4v) is 3.08. The molecule has 7 heteroatoms. The second kappa shape index (κ2) is 11.8. The lowest BCUT2D eigenvalue weighted by molar-refractivity contribution is 0.171. The van der Waals surface area contributed by atoms with Crippen LogP contribution in [0.3, 0.4) is 0 Å². The number of benzene rings is 2. The topological polar surface area (TPSA) is 72.7 Å². The molecule has 0 saturated carbocycles. The van der Waals surface area contributed by atoms with Gasteiger partial charge in [0, 0.05) is 45.5 Å². The molecule has 0 aliphatic rings. The maximum absolute atomic E-state index is 5.97. The summed E-state index contributed by atoms with van der Waals surface area (Å²) < 4.78 is 12.9. The van der Waals surface area contributed by atoms with Gasteiger partial charge in [-0.25, -0.2) is 4.68 Å². The van der Waals surface area contributed by atoms with E-state index in [1.165, 1.54) is 5.56 Å². The minimum Gasteiger partial charge on any atom is -0.493 e. The van der Waals surface area contributed by atoms with Crippen molar-refractivity contribution < 1.29 is 9.47 Å². The van der Waals surface area contributed by atoms with Gasteiger partial charge < -0.3 is 20.1 Å². The number of guanidine groups is 1. The van der Waals surface area contributed by atoms with E-state index in [-0.39, 0.29) is 0 Å². The van der Waals surface area contributed by atoms with E-state index < -0.39 is 0 Å². The van der Waals surface area contributed by atoms with E-state index in [4.69, 9.17) is 9.47 Å². The molecule has 0 spiro atoms. The molecule has 7 nitrogen and oxygen atoms in total. The first-order chi connectivity index (χ1) is 15.2. The zero-order valence-electron chi connectivity index (χ0n) is 18.5. The van der Waals surface area contributed by atoms with Gasteiger partial charge in [0.25, 0.3) is 0 Å². The minimum absolute atomic E-state index is 0.577. The molecular weight excluding hydrogens is 390 g/mol. The lowest BCUT2D eigenvalue weighted by Crippen LogP contribution is -2.36. The van der Waals surface area contributed by atoms with E-state index in [2.05, 4.69) is 45.8 Å². The molecule has 164 valence electrons. The van der Waals surface area contributed by atoms with E-state index in [1.807, 2.05) is 47.3 Å². The Morgan fingerprint density at radius 2 is 1.84 bits per heavy atom. The van der Waals surface area contributed by atoms with Gasteiger partial charge >= 0.3 is 0 Å². The van der Waals surface area contributed by atoms with Crippen LogP contribution >= 0.6 is 0 Å². The van der Waals surface area contributed by atoms with Crippen molar-refractivity contribution >= 4 is 5.96 Å². The quantitative estimate of drug-likeness (QED) is 0.298. The van der Waals surface area contributed by atoms with Crippen LogP contribution in [0.2, 0.25) is 0 Å². The molecule has 0 aliphatic carbocycles. The highest BCUT2D eigenvalue weighted by molar-refractivity contribution is 5.79. The molecule has 3 aromatic rings. The Labute approximate surface area is 184 Å². The van der Waals surface area contributed by atoms with Crippen LogP contribution in [0.4, 0.5) is 0 Å². The zero-order valence-corrected chi connectivity index (χ0v) is 18.5. The normalized spacial score (nSPS) is 11.4. The fraction of sp³-hybridized carbons (Fsp3) is 0.333. The molecule has 0 bridgehead atoms. The molecule has 0 radical (unpaired) electrons. The number of ether oxygens (including phenoxy) is 2. The average molecular weight is 422 g/mol. The third-order valence-corrected chi connectivity index (χ3v) is 4.74. The summed E-state index contributed by atoms with van der Waals surface area (Å²) in [5.41, 5.74) is 4.22. The van der Waals surface area contributed by atoms with Gasteiger partial charge in [0.15, 0.2) is 5.96 Å². The summed E-state index contributed by atoms with van der Waals surface area (Å²) in [4.78, 5) is 4.32. The SMILES string of the molecule is CN=C(NCc1ccn(-c2ccccc2)n1)NCc1ccc(C)cc1OCCCOC. The van der Waals surface area contributed by atoms with Crippen LogP contribution in [-0.2, 0) is 17.8 Å². The second-order valence-electron chi connectivity index (χ2n) is 7.17. The van der Waals surface area contributed by atoms with E-state index >= 15 is 0 Å². The summed E-state index contributed by atoms with van der Waals surface area (Å²) in [7, 11) is 3.46. The molecule has 0 aliphatic heterocycles. The molecule has 0 amide bonds. The van der Waals surface area contributed by atoms with Crippen molar-refractivity contribution in [3.63, 3.8) is 0 Å². The highest BCUT2D eigenvalue weighted by atomic mass is 16.5. The van der Waals surface area contributed by atoms with Crippen molar-refractivity contribution in [2.45, 2.75) is 26.4 Å². The first kappa shape index (κ1) is 22.4. The molecule has 0 fully saturated rings. The molecule has 2 N–H and O–H groups in total. The molecule has 0 saturated heterocycles. The van der Waals surface area contributed by atoms with Crippen LogP contribution < -0.4 is 15.4 Å². The molecule has 0 unspecified atom stereocenters. The van der Waals surface area contributed by atoms with E-state index in [0.29, 0.717) is 32.3 Å². The number of aliphatic imine (C=N–C) groups is 1. The Kier molecular flexibility index (Phi) is 8.48. The average Bonchev–Trinajstić information content (AvgIpc) is 3.27. The largest absolute Gasteiger partial charge is 0.493 e. The molecule has 31 heavy (non-hydrogen) atoms. The van der Waals surface area contributed by atoms with Crippen LogP contribution in [0.1, 0.15) is 23.2 Å². The smallest absolute Gasteiger partial charge is 0.191 e. The maximum atomic E-state index is 5.97. The second-order valence-corrected chi connectivity index (χ2v) is 7.17. The molecule has 1 aromatic heterocycles. The number of aromatic nitrogens is 2. The lowest BCUT2D eigenvalue weighted by atomic mass is 10.1. The van der Waals surface area contributed by atoms with Crippen LogP contribution in [0.25, 0.3) is 5.69 Å². The summed E-state index contributed by atoms with van der Waals surface area (Å²) in [6.45, 7) is 4.57. The molecule has 2 aromatic carbocycles. The summed E-state index contributed by atoms with van der Waals surface area (Å²) >= 11 is 0. The highest BCUT2D eigenvalue weighted by Crippen LogP contribution is 2.20. The number of nitrogens with one attached hydrogen (secondary N) is 2.